The molecule has 19 heavy (non-hydrogen) atoms. The standard InChI is InChI=1S/C14H26N2O3/c1-5-7-14(12(18)19)8-6-9-16(14)11(17)10(15)13(2,3)4/h10H,5-9,15H2,1-4H3,(H,18,19)/t10-,14?/m0/s1. The lowest BCUT2D eigenvalue weighted by Gasteiger charge is -2.38. The van der Waals surface area contributed by atoms with Gasteiger partial charge in [0.1, 0.15) is 5.54 Å². The van der Waals surface area contributed by atoms with Crippen LogP contribution in [-0.4, -0.2) is 40.0 Å². The second-order valence-corrected chi connectivity index (χ2v) is 6.52. The number of carboxylic acid groups (broad SMARTS) is 1. The molecule has 110 valence electrons. The Bertz CT molecular complexity index is 362. The number of carbonyl (C=O) groups excluding carboxylic acids is 1. The van der Waals surface area contributed by atoms with Gasteiger partial charge in [0.05, 0.1) is 6.04 Å². The largest absolute Gasteiger partial charge is 0.479 e. The van der Waals surface area contributed by atoms with Gasteiger partial charge in [0, 0.05) is 6.54 Å². The Kier molecular flexibility index (Phi) is 4.61. The molecule has 1 amide bonds. The third-order valence-corrected chi connectivity index (χ3v) is 4.02. The van der Waals surface area contributed by atoms with E-state index in [1.165, 1.54) is 4.90 Å². The first-order valence-electron chi connectivity index (χ1n) is 6.97. The first-order chi connectivity index (χ1) is 8.66. The molecule has 0 aromatic carbocycles. The molecule has 0 aromatic heterocycles. The minimum Gasteiger partial charge on any atom is -0.479 e. The molecule has 1 rings (SSSR count). The molecule has 1 aliphatic rings. The molecule has 1 heterocycles. The number of carboxylic acids is 1. The Labute approximate surface area is 115 Å². The first-order valence-corrected chi connectivity index (χ1v) is 6.97. The topological polar surface area (TPSA) is 83.6 Å². The molecule has 1 saturated heterocycles. The zero-order valence-corrected chi connectivity index (χ0v) is 12.4. The van der Waals surface area contributed by atoms with E-state index in [4.69, 9.17) is 5.73 Å². The van der Waals surface area contributed by atoms with Crippen molar-refractivity contribution in [1.29, 1.82) is 0 Å². The highest BCUT2D eigenvalue weighted by Gasteiger charge is 2.50. The Balaban J connectivity index is 3.04. The van der Waals surface area contributed by atoms with Crippen molar-refractivity contribution in [3.8, 4) is 0 Å². The van der Waals surface area contributed by atoms with Gasteiger partial charge in [0.2, 0.25) is 5.91 Å². The normalized spacial score (nSPS) is 25.4. The fourth-order valence-corrected chi connectivity index (χ4v) is 2.74. The zero-order valence-electron chi connectivity index (χ0n) is 12.4. The summed E-state index contributed by atoms with van der Waals surface area (Å²) in [7, 11) is 0. The molecule has 5 heteroatoms. The summed E-state index contributed by atoms with van der Waals surface area (Å²) in [6.07, 6.45) is 2.49. The van der Waals surface area contributed by atoms with Crippen LogP contribution in [0.4, 0.5) is 0 Å². The third-order valence-electron chi connectivity index (χ3n) is 4.02. The number of carbonyl (C=O) groups is 2. The molecule has 1 aliphatic heterocycles. The Morgan fingerprint density at radius 3 is 2.42 bits per heavy atom. The number of hydrogen-bond donors (Lipinski definition) is 2. The predicted octanol–water partition coefficient (Wildman–Crippen LogP) is 1.61. The average molecular weight is 270 g/mol. The van der Waals surface area contributed by atoms with Crippen molar-refractivity contribution in [3.63, 3.8) is 0 Å². The molecule has 1 fully saturated rings. The highest BCUT2D eigenvalue weighted by atomic mass is 16.4. The first kappa shape index (κ1) is 16.0. The van der Waals surface area contributed by atoms with Crippen molar-refractivity contribution in [3.05, 3.63) is 0 Å². The quantitative estimate of drug-likeness (QED) is 0.813. The van der Waals surface area contributed by atoms with Crippen LogP contribution >= 0.6 is 0 Å². The van der Waals surface area contributed by atoms with E-state index < -0.39 is 17.6 Å². The van der Waals surface area contributed by atoms with E-state index >= 15 is 0 Å². The molecule has 3 N–H and O–H groups in total. The highest BCUT2D eigenvalue weighted by molar-refractivity contribution is 5.90. The summed E-state index contributed by atoms with van der Waals surface area (Å²) in [5.74, 6) is -1.14. The van der Waals surface area contributed by atoms with Crippen LogP contribution < -0.4 is 5.73 Å². The van der Waals surface area contributed by atoms with Gasteiger partial charge in [-0.1, -0.05) is 34.1 Å². The van der Waals surface area contributed by atoms with Crippen LogP contribution in [0.25, 0.3) is 0 Å². The lowest BCUT2D eigenvalue weighted by molar-refractivity contribution is -0.158. The van der Waals surface area contributed by atoms with Gasteiger partial charge >= 0.3 is 5.97 Å². The van der Waals surface area contributed by atoms with Gasteiger partial charge in [-0.15, -0.1) is 0 Å². The van der Waals surface area contributed by atoms with Crippen LogP contribution in [0, 0.1) is 5.41 Å². The van der Waals surface area contributed by atoms with Crippen LogP contribution in [0.5, 0.6) is 0 Å². The van der Waals surface area contributed by atoms with E-state index in [2.05, 4.69) is 0 Å². The van der Waals surface area contributed by atoms with Gasteiger partial charge in [0.25, 0.3) is 0 Å². The molecule has 0 aliphatic carbocycles. The summed E-state index contributed by atoms with van der Waals surface area (Å²) in [4.78, 5) is 25.7. The molecule has 2 atom stereocenters. The maximum atomic E-state index is 12.5. The molecule has 0 aromatic rings. The summed E-state index contributed by atoms with van der Waals surface area (Å²) >= 11 is 0. The number of amides is 1. The highest BCUT2D eigenvalue weighted by Crippen LogP contribution is 2.35. The van der Waals surface area contributed by atoms with Gasteiger partial charge in [-0.25, -0.2) is 4.79 Å². The molecule has 0 spiro atoms. The summed E-state index contributed by atoms with van der Waals surface area (Å²) < 4.78 is 0. The van der Waals surface area contributed by atoms with E-state index in [1.807, 2.05) is 27.7 Å². The number of hydrogen-bond acceptors (Lipinski definition) is 3. The second-order valence-electron chi connectivity index (χ2n) is 6.52. The van der Waals surface area contributed by atoms with Crippen LogP contribution in [-0.2, 0) is 9.59 Å². The Morgan fingerprint density at radius 1 is 1.42 bits per heavy atom. The molecule has 0 bridgehead atoms. The number of nitrogens with two attached hydrogens (primary N) is 1. The van der Waals surface area contributed by atoms with Crippen molar-refractivity contribution in [1.82, 2.24) is 4.90 Å². The smallest absolute Gasteiger partial charge is 0.329 e. The fraction of sp³-hybridized carbons (Fsp3) is 0.857. The summed E-state index contributed by atoms with van der Waals surface area (Å²) in [6, 6.07) is -0.666. The molecule has 5 nitrogen and oxygen atoms in total. The van der Waals surface area contributed by atoms with E-state index in [1.54, 1.807) is 0 Å². The van der Waals surface area contributed by atoms with E-state index in [0.29, 0.717) is 19.4 Å². The van der Waals surface area contributed by atoms with Gasteiger partial charge < -0.3 is 15.7 Å². The van der Waals surface area contributed by atoms with Gasteiger partial charge in [0.15, 0.2) is 0 Å². The van der Waals surface area contributed by atoms with E-state index in [-0.39, 0.29) is 11.3 Å². The molecular formula is C14H26N2O3. The predicted molar refractivity (Wildman–Crippen MR) is 73.7 cm³/mol. The van der Waals surface area contributed by atoms with Crippen LogP contribution in [0.2, 0.25) is 0 Å². The maximum Gasteiger partial charge on any atom is 0.329 e. The summed E-state index contributed by atoms with van der Waals surface area (Å²) in [6.45, 7) is 8.12. The van der Waals surface area contributed by atoms with E-state index in [0.717, 1.165) is 12.8 Å². The molecule has 0 radical (unpaired) electrons. The number of likely N-dealkylation sites (tertiary alicyclic amines) is 1. The minimum atomic E-state index is -1.05. The third kappa shape index (κ3) is 2.91. The molecular weight excluding hydrogens is 244 g/mol. The number of rotatable bonds is 4. The zero-order chi connectivity index (χ0) is 14.8. The van der Waals surface area contributed by atoms with E-state index in [9.17, 15) is 14.7 Å². The van der Waals surface area contributed by atoms with Crippen molar-refractivity contribution in [2.24, 2.45) is 11.1 Å². The Hall–Kier alpha value is -1.10. The minimum absolute atomic E-state index is 0.235. The number of nitrogens with zero attached hydrogens (tertiary/aromatic N) is 1. The second kappa shape index (κ2) is 5.49. The van der Waals surface area contributed by atoms with Crippen molar-refractivity contribution >= 4 is 11.9 Å². The average Bonchev–Trinajstić information content (AvgIpc) is 2.71. The van der Waals surface area contributed by atoms with Crippen LogP contribution in [0.1, 0.15) is 53.4 Å². The lowest BCUT2D eigenvalue weighted by Crippen LogP contribution is -2.59. The number of aliphatic carboxylic acids is 1. The van der Waals surface area contributed by atoms with Crippen LogP contribution in [0.3, 0.4) is 0 Å². The van der Waals surface area contributed by atoms with Gasteiger partial charge in [-0.2, -0.15) is 0 Å². The molecule has 0 saturated carbocycles. The SMILES string of the molecule is CCCC1(C(=O)O)CCCN1C(=O)[C@H](N)C(C)(C)C. The lowest BCUT2D eigenvalue weighted by atomic mass is 9.84. The van der Waals surface area contributed by atoms with Crippen molar-refractivity contribution in [2.45, 2.75) is 65.0 Å². The van der Waals surface area contributed by atoms with Gasteiger partial charge in [-0.3, -0.25) is 4.79 Å². The maximum absolute atomic E-state index is 12.5. The monoisotopic (exact) mass is 270 g/mol. The summed E-state index contributed by atoms with van der Waals surface area (Å²) in [5, 5.41) is 9.56. The van der Waals surface area contributed by atoms with Gasteiger partial charge in [-0.05, 0) is 24.7 Å². The fourth-order valence-electron chi connectivity index (χ4n) is 2.74. The van der Waals surface area contributed by atoms with Crippen LogP contribution in [0.15, 0.2) is 0 Å². The van der Waals surface area contributed by atoms with Crippen molar-refractivity contribution in [2.75, 3.05) is 6.54 Å². The Morgan fingerprint density at radius 2 is 2.00 bits per heavy atom. The molecule has 1 unspecified atom stereocenters. The summed E-state index contributed by atoms with van der Waals surface area (Å²) in [5.41, 5.74) is 4.60. The van der Waals surface area contributed by atoms with Crippen molar-refractivity contribution < 1.29 is 14.7 Å².